The van der Waals surface area contributed by atoms with Crippen molar-refractivity contribution in [3.63, 3.8) is 0 Å². The number of aromatic nitrogens is 1. The Kier molecular flexibility index (Phi) is 4.32. The van der Waals surface area contributed by atoms with E-state index in [1.165, 1.54) is 9.47 Å². The quantitative estimate of drug-likeness (QED) is 0.764. The van der Waals surface area contributed by atoms with Crippen molar-refractivity contribution >= 4 is 28.8 Å². The summed E-state index contributed by atoms with van der Waals surface area (Å²) in [7, 11) is 1.63. The van der Waals surface area contributed by atoms with Gasteiger partial charge >= 0.3 is 11.8 Å². The number of carbonyl (C=O) groups is 2. The molecule has 1 aromatic heterocycles. The van der Waals surface area contributed by atoms with E-state index in [1.807, 2.05) is 0 Å². The second kappa shape index (κ2) is 6.14. The predicted molar refractivity (Wildman–Crippen MR) is 101 cm³/mol. The van der Waals surface area contributed by atoms with Crippen molar-refractivity contribution in [3.05, 3.63) is 28.7 Å². The Morgan fingerprint density at radius 3 is 2.48 bits per heavy atom. The molecule has 0 spiro atoms. The van der Waals surface area contributed by atoms with Crippen molar-refractivity contribution in [3.8, 4) is 0 Å². The van der Waals surface area contributed by atoms with Gasteiger partial charge < -0.3 is 14.1 Å². The Hall–Kier alpha value is -2.77. The van der Waals surface area contributed by atoms with Gasteiger partial charge in [-0.3, -0.25) is 14.3 Å². The number of anilines is 1. The number of fused-ring (bicyclic) bond motifs is 1. The number of benzene rings is 1. The first-order valence-corrected chi connectivity index (χ1v) is 8.84. The highest BCUT2D eigenvalue weighted by molar-refractivity contribution is 6.03. The number of carbonyl (C=O) groups excluding carboxylic acids is 2. The predicted octanol–water partition coefficient (Wildman–Crippen LogP) is 2.49. The Balaban J connectivity index is 1.89. The molecule has 3 rings (SSSR count). The van der Waals surface area contributed by atoms with Crippen LogP contribution < -0.4 is 10.7 Å². The lowest BCUT2D eigenvalue weighted by molar-refractivity contribution is -0.131. The Labute approximate surface area is 157 Å². The molecule has 8 nitrogen and oxygen atoms in total. The molecule has 0 N–H and O–H groups in total. The van der Waals surface area contributed by atoms with Crippen LogP contribution in [-0.4, -0.2) is 45.7 Å². The summed E-state index contributed by atoms with van der Waals surface area (Å²) in [4.78, 5) is 40.4. The molecule has 1 aliphatic rings. The zero-order chi connectivity index (χ0) is 20.1. The van der Waals surface area contributed by atoms with E-state index in [-0.39, 0.29) is 5.91 Å². The summed E-state index contributed by atoms with van der Waals surface area (Å²) in [6, 6.07) is 5.19. The van der Waals surface area contributed by atoms with E-state index < -0.39 is 23.0 Å². The van der Waals surface area contributed by atoms with Crippen molar-refractivity contribution in [1.29, 1.82) is 0 Å². The van der Waals surface area contributed by atoms with Gasteiger partial charge in [-0.1, -0.05) is 0 Å². The van der Waals surface area contributed by atoms with E-state index in [2.05, 4.69) is 0 Å². The molecule has 1 saturated heterocycles. The summed E-state index contributed by atoms with van der Waals surface area (Å²) in [6.07, 6.45) is -0.509. The normalized spacial score (nSPS) is 17.5. The minimum atomic E-state index is -1.06. The van der Waals surface area contributed by atoms with Crippen molar-refractivity contribution in [1.82, 2.24) is 9.47 Å². The smallest absolute Gasteiger partial charge is 0.419 e. The minimum absolute atomic E-state index is 0.225. The van der Waals surface area contributed by atoms with Crippen LogP contribution in [0.25, 0.3) is 11.1 Å². The molecule has 2 amide bonds. The van der Waals surface area contributed by atoms with Crippen LogP contribution in [0, 0.1) is 0 Å². The molecule has 0 saturated carbocycles. The number of hydrogen-bond acceptors (Lipinski definition) is 5. The van der Waals surface area contributed by atoms with Gasteiger partial charge in [-0.15, -0.1) is 0 Å². The number of rotatable bonds is 1. The molecule has 1 aliphatic heterocycles. The molecule has 1 aromatic carbocycles. The molecule has 27 heavy (non-hydrogen) atoms. The van der Waals surface area contributed by atoms with Crippen LogP contribution in [0.3, 0.4) is 0 Å². The number of aryl methyl sites for hydroxylation is 1. The average molecular weight is 375 g/mol. The van der Waals surface area contributed by atoms with Gasteiger partial charge in [0.05, 0.1) is 5.52 Å². The summed E-state index contributed by atoms with van der Waals surface area (Å²) in [5.74, 6) is -0.680. The highest BCUT2D eigenvalue weighted by atomic mass is 16.6. The Morgan fingerprint density at radius 1 is 1.19 bits per heavy atom. The summed E-state index contributed by atoms with van der Waals surface area (Å²) < 4.78 is 12.1. The lowest BCUT2D eigenvalue weighted by Gasteiger charge is -2.45. The molecule has 146 valence electrons. The van der Waals surface area contributed by atoms with Crippen LogP contribution in [-0.2, 0) is 16.6 Å². The highest BCUT2D eigenvalue weighted by Gasteiger charge is 2.46. The molecule has 0 radical (unpaired) electrons. The summed E-state index contributed by atoms with van der Waals surface area (Å²) >= 11 is 0. The maximum Gasteiger partial charge on any atom is 0.419 e. The molecule has 8 heteroatoms. The number of oxazole rings is 1. The lowest BCUT2D eigenvalue weighted by atomic mass is 9.97. The third kappa shape index (κ3) is 3.31. The van der Waals surface area contributed by atoms with Crippen molar-refractivity contribution in [2.24, 2.45) is 7.05 Å². The molecular formula is C19H25N3O5. The molecule has 1 fully saturated rings. The van der Waals surface area contributed by atoms with E-state index in [0.29, 0.717) is 29.9 Å². The van der Waals surface area contributed by atoms with Gasteiger partial charge in [0, 0.05) is 31.9 Å². The van der Waals surface area contributed by atoms with Crippen molar-refractivity contribution in [2.75, 3.05) is 18.0 Å². The van der Waals surface area contributed by atoms with E-state index >= 15 is 0 Å². The molecule has 0 aliphatic carbocycles. The van der Waals surface area contributed by atoms with Gasteiger partial charge in [0.1, 0.15) is 11.1 Å². The standard InChI is InChI=1S/C19H25N3O5/c1-18(2,3)27-17(25)22-10-9-21(15(23)19(22,4)5)12-7-8-13-14(11-12)26-16(24)20(13)6/h7-8,11H,9-10H2,1-6H3. The highest BCUT2D eigenvalue weighted by Crippen LogP contribution is 2.30. The summed E-state index contributed by atoms with van der Waals surface area (Å²) in [5.41, 5.74) is -0.00201. The minimum Gasteiger partial charge on any atom is -0.444 e. The van der Waals surface area contributed by atoms with E-state index in [4.69, 9.17) is 9.15 Å². The van der Waals surface area contributed by atoms with Gasteiger partial charge in [0.25, 0.3) is 5.91 Å². The van der Waals surface area contributed by atoms with Crippen LogP contribution in [0.2, 0.25) is 0 Å². The fourth-order valence-electron chi connectivity index (χ4n) is 3.20. The maximum absolute atomic E-state index is 13.1. The topological polar surface area (TPSA) is 85.0 Å². The van der Waals surface area contributed by atoms with Crippen LogP contribution >= 0.6 is 0 Å². The van der Waals surface area contributed by atoms with Crippen molar-refractivity contribution < 1.29 is 18.7 Å². The van der Waals surface area contributed by atoms with Crippen LogP contribution in [0.15, 0.2) is 27.4 Å². The number of amides is 2. The van der Waals surface area contributed by atoms with E-state index in [1.54, 1.807) is 64.8 Å². The average Bonchev–Trinajstić information content (AvgIpc) is 2.82. The summed E-state index contributed by atoms with van der Waals surface area (Å²) in [5, 5.41) is 0. The van der Waals surface area contributed by atoms with Gasteiger partial charge in [-0.2, -0.15) is 0 Å². The molecule has 2 heterocycles. The third-order valence-electron chi connectivity index (χ3n) is 4.69. The number of hydrogen-bond donors (Lipinski definition) is 0. The fourth-order valence-corrected chi connectivity index (χ4v) is 3.20. The number of ether oxygens (including phenoxy) is 1. The first kappa shape index (κ1) is 19.0. The van der Waals surface area contributed by atoms with E-state index in [0.717, 1.165) is 0 Å². The number of piperazine rings is 1. The van der Waals surface area contributed by atoms with Crippen LogP contribution in [0.4, 0.5) is 10.5 Å². The SMILES string of the molecule is Cn1c(=O)oc2cc(N3CCN(C(=O)OC(C)(C)C)C(C)(C)C3=O)ccc21. The number of nitrogens with zero attached hydrogens (tertiary/aromatic N) is 3. The van der Waals surface area contributed by atoms with E-state index in [9.17, 15) is 14.4 Å². The van der Waals surface area contributed by atoms with Crippen molar-refractivity contribution in [2.45, 2.75) is 45.8 Å². The second-order valence-corrected chi connectivity index (χ2v) is 8.23. The first-order chi connectivity index (χ1) is 12.4. The van der Waals surface area contributed by atoms with Crippen LogP contribution in [0.1, 0.15) is 34.6 Å². The molecule has 2 aromatic rings. The van der Waals surface area contributed by atoms with Gasteiger partial charge in [-0.05, 0) is 46.8 Å². The zero-order valence-corrected chi connectivity index (χ0v) is 16.5. The van der Waals surface area contributed by atoms with Gasteiger partial charge in [0.2, 0.25) is 0 Å². The largest absolute Gasteiger partial charge is 0.444 e. The zero-order valence-electron chi connectivity index (χ0n) is 16.5. The summed E-state index contributed by atoms with van der Waals surface area (Å²) in [6.45, 7) is 9.43. The maximum atomic E-state index is 13.1. The molecule has 0 unspecified atom stereocenters. The molecular weight excluding hydrogens is 350 g/mol. The van der Waals surface area contributed by atoms with Gasteiger partial charge in [-0.25, -0.2) is 9.59 Å². The Morgan fingerprint density at radius 2 is 1.85 bits per heavy atom. The van der Waals surface area contributed by atoms with Crippen LogP contribution in [0.5, 0.6) is 0 Å². The monoisotopic (exact) mass is 375 g/mol. The Bertz CT molecular complexity index is 964. The van der Waals surface area contributed by atoms with Gasteiger partial charge in [0.15, 0.2) is 5.58 Å². The lowest BCUT2D eigenvalue weighted by Crippen LogP contribution is -2.65. The molecule has 0 bridgehead atoms. The fraction of sp³-hybridized carbons (Fsp3) is 0.526. The first-order valence-electron chi connectivity index (χ1n) is 8.84. The third-order valence-corrected chi connectivity index (χ3v) is 4.69. The second-order valence-electron chi connectivity index (χ2n) is 8.23. The molecule has 0 atom stereocenters.